The molecule has 2 N–H and O–H groups in total. The van der Waals surface area contributed by atoms with Gasteiger partial charge in [-0.1, -0.05) is 6.92 Å². The molecule has 0 aliphatic rings. The third-order valence-electron chi connectivity index (χ3n) is 2.28. The highest BCUT2D eigenvalue weighted by Crippen LogP contribution is 2.01. The molecule has 0 saturated carbocycles. The van der Waals surface area contributed by atoms with E-state index in [0.29, 0.717) is 5.82 Å². The molecular formula is C10H17N5O3. The summed E-state index contributed by atoms with van der Waals surface area (Å²) in [5, 5.41) is 18.4. The van der Waals surface area contributed by atoms with Gasteiger partial charge in [0.2, 0.25) is 0 Å². The Balaban J connectivity index is 2.52. The number of aliphatic carboxylic acids is 1. The maximum atomic E-state index is 11.5. The molecule has 100 valence electrons. The zero-order valence-electron chi connectivity index (χ0n) is 10.5. The predicted octanol–water partition coefficient (Wildman–Crippen LogP) is -0.0859. The van der Waals surface area contributed by atoms with Gasteiger partial charge in [-0.15, -0.1) is 10.2 Å². The largest absolute Gasteiger partial charge is 0.480 e. The Bertz CT molecular complexity index is 417. The summed E-state index contributed by atoms with van der Waals surface area (Å²) in [6, 6.07) is -0.455. The number of carbonyl (C=O) groups is 2. The van der Waals surface area contributed by atoms with E-state index >= 15 is 0 Å². The molecule has 0 aliphatic heterocycles. The Morgan fingerprint density at radius 2 is 2.28 bits per heavy atom. The minimum atomic E-state index is -1.08. The number of carboxylic acid groups (broad SMARTS) is 1. The van der Waals surface area contributed by atoms with Gasteiger partial charge in [0.15, 0.2) is 5.82 Å². The van der Waals surface area contributed by atoms with Gasteiger partial charge in [0.1, 0.15) is 12.9 Å². The van der Waals surface area contributed by atoms with Crippen molar-refractivity contribution in [1.82, 2.24) is 25.0 Å². The highest BCUT2D eigenvalue weighted by Gasteiger charge is 2.13. The van der Waals surface area contributed by atoms with Gasteiger partial charge in [-0.2, -0.15) is 0 Å². The first kappa shape index (κ1) is 13.9. The molecular weight excluding hydrogens is 238 g/mol. The highest BCUT2D eigenvalue weighted by atomic mass is 16.4. The molecule has 0 bridgehead atoms. The maximum absolute atomic E-state index is 11.5. The first-order valence-corrected chi connectivity index (χ1v) is 5.62. The summed E-state index contributed by atoms with van der Waals surface area (Å²) in [6.45, 7) is 2.70. The third kappa shape index (κ3) is 4.04. The molecule has 1 aromatic heterocycles. The zero-order chi connectivity index (χ0) is 13.5. The molecule has 18 heavy (non-hydrogen) atoms. The normalized spacial score (nSPS) is 10.1. The smallest absolute Gasteiger partial charge is 0.323 e. The first-order chi connectivity index (χ1) is 8.54. The summed E-state index contributed by atoms with van der Waals surface area (Å²) in [4.78, 5) is 23.2. The number of urea groups is 1. The van der Waals surface area contributed by atoms with Crippen molar-refractivity contribution in [3.63, 3.8) is 0 Å². The van der Waals surface area contributed by atoms with Crippen LogP contribution in [-0.2, 0) is 17.9 Å². The van der Waals surface area contributed by atoms with E-state index in [2.05, 4.69) is 15.5 Å². The number of hydrogen-bond donors (Lipinski definition) is 2. The lowest BCUT2D eigenvalue weighted by Crippen LogP contribution is -2.39. The van der Waals surface area contributed by atoms with Gasteiger partial charge in [-0.05, 0) is 6.42 Å². The highest BCUT2D eigenvalue weighted by molar-refractivity contribution is 5.79. The Morgan fingerprint density at radius 1 is 1.56 bits per heavy atom. The Hall–Kier alpha value is -2.12. The summed E-state index contributed by atoms with van der Waals surface area (Å²) in [5.41, 5.74) is 0. The number of rotatable bonds is 6. The molecule has 1 rings (SSSR count). The number of hydrogen-bond acceptors (Lipinski definition) is 4. The van der Waals surface area contributed by atoms with E-state index in [0.717, 1.165) is 13.0 Å². The molecule has 0 unspecified atom stereocenters. The van der Waals surface area contributed by atoms with Crippen molar-refractivity contribution in [3.8, 4) is 0 Å². The van der Waals surface area contributed by atoms with E-state index in [1.54, 1.807) is 13.4 Å². The summed E-state index contributed by atoms with van der Waals surface area (Å²) in [5.74, 6) is -0.407. The minimum absolute atomic E-state index is 0.283. The van der Waals surface area contributed by atoms with Crippen molar-refractivity contribution in [1.29, 1.82) is 0 Å². The third-order valence-corrected chi connectivity index (χ3v) is 2.28. The van der Waals surface area contributed by atoms with E-state index in [1.807, 2.05) is 11.5 Å². The lowest BCUT2D eigenvalue weighted by atomic mass is 10.4. The second-order valence-electron chi connectivity index (χ2n) is 3.85. The van der Waals surface area contributed by atoms with Gasteiger partial charge in [0, 0.05) is 13.6 Å². The monoisotopic (exact) mass is 255 g/mol. The number of nitrogens with zero attached hydrogens (tertiary/aromatic N) is 4. The number of nitrogens with one attached hydrogen (secondary N) is 1. The molecule has 0 radical (unpaired) electrons. The van der Waals surface area contributed by atoms with Crippen LogP contribution in [0, 0.1) is 0 Å². The molecule has 0 atom stereocenters. The average Bonchev–Trinajstić information content (AvgIpc) is 2.74. The van der Waals surface area contributed by atoms with Crippen LogP contribution in [0.2, 0.25) is 0 Å². The number of amides is 2. The summed E-state index contributed by atoms with van der Waals surface area (Å²) >= 11 is 0. The van der Waals surface area contributed by atoms with Gasteiger partial charge >= 0.3 is 12.0 Å². The molecule has 0 saturated heterocycles. The molecule has 8 heteroatoms. The zero-order valence-corrected chi connectivity index (χ0v) is 10.5. The van der Waals surface area contributed by atoms with Crippen molar-refractivity contribution in [3.05, 3.63) is 12.2 Å². The van der Waals surface area contributed by atoms with E-state index in [9.17, 15) is 9.59 Å². The average molecular weight is 255 g/mol. The van der Waals surface area contributed by atoms with Crippen LogP contribution in [0.1, 0.15) is 19.2 Å². The van der Waals surface area contributed by atoms with Gasteiger partial charge in [0.05, 0.1) is 6.54 Å². The molecule has 2 amide bonds. The molecule has 1 aromatic rings. The summed E-state index contributed by atoms with van der Waals surface area (Å²) in [6.07, 6.45) is 2.56. The van der Waals surface area contributed by atoms with Crippen LogP contribution in [0.4, 0.5) is 4.79 Å². The Labute approximate surface area is 105 Å². The summed E-state index contributed by atoms with van der Waals surface area (Å²) in [7, 11) is 1.57. The molecule has 0 fully saturated rings. The fourth-order valence-corrected chi connectivity index (χ4v) is 1.40. The lowest BCUT2D eigenvalue weighted by molar-refractivity contribution is -0.135. The quantitative estimate of drug-likeness (QED) is 0.740. The minimum Gasteiger partial charge on any atom is -0.480 e. The van der Waals surface area contributed by atoms with Crippen LogP contribution in [0.5, 0.6) is 0 Å². The van der Waals surface area contributed by atoms with E-state index in [1.165, 1.54) is 4.90 Å². The maximum Gasteiger partial charge on any atom is 0.323 e. The van der Waals surface area contributed by atoms with Crippen LogP contribution in [-0.4, -0.2) is 50.4 Å². The van der Waals surface area contributed by atoms with Crippen LogP contribution in [0.25, 0.3) is 0 Å². The van der Waals surface area contributed by atoms with Crippen LogP contribution >= 0.6 is 0 Å². The van der Waals surface area contributed by atoms with Gasteiger partial charge in [0.25, 0.3) is 0 Å². The molecule has 0 spiro atoms. The van der Waals surface area contributed by atoms with Gasteiger partial charge < -0.3 is 19.9 Å². The van der Waals surface area contributed by atoms with Crippen LogP contribution in [0.15, 0.2) is 6.33 Å². The standard InChI is InChI=1S/C10H17N5O3/c1-3-4-15-7-12-13-8(15)6-14(2)10(18)11-5-9(16)17/h7H,3-6H2,1-2H3,(H,11,18)(H,16,17). The Morgan fingerprint density at radius 3 is 2.89 bits per heavy atom. The van der Waals surface area contributed by atoms with Crippen molar-refractivity contribution in [2.75, 3.05) is 13.6 Å². The second-order valence-corrected chi connectivity index (χ2v) is 3.85. The molecule has 0 aromatic carbocycles. The van der Waals surface area contributed by atoms with Crippen molar-refractivity contribution < 1.29 is 14.7 Å². The van der Waals surface area contributed by atoms with E-state index in [-0.39, 0.29) is 6.54 Å². The number of carbonyl (C=O) groups excluding carboxylic acids is 1. The van der Waals surface area contributed by atoms with Crippen molar-refractivity contribution >= 4 is 12.0 Å². The molecule has 1 heterocycles. The SMILES string of the molecule is CCCn1cnnc1CN(C)C(=O)NCC(=O)O. The van der Waals surface area contributed by atoms with Crippen molar-refractivity contribution in [2.45, 2.75) is 26.4 Å². The fraction of sp³-hybridized carbons (Fsp3) is 0.600. The Kier molecular flexibility index (Phi) is 5.09. The second kappa shape index (κ2) is 6.58. The van der Waals surface area contributed by atoms with Gasteiger partial charge in [-0.25, -0.2) is 4.79 Å². The first-order valence-electron chi connectivity index (χ1n) is 5.62. The number of aryl methyl sites for hydroxylation is 1. The van der Waals surface area contributed by atoms with Crippen LogP contribution < -0.4 is 5.32 Å². The molecule has 0 aliphatic carbocycles. The molecule has 8 nitrogen and oxygen atoms in total. The van der Waals surface area contributed by atoms with Crippen LogP contribution in [0.3, 0.4) is 0 Å². The van der Waals surface area contributed by atoms with E-state index in [4.69, 9.17) is 5.11 Å². The fourth-order valence-electron chi connectivity index (χ4n) is 1.40. The lowest BCUT2D eigenvalue weighted by Gasteiger charge is -2.17. The predicted molar refractivity (Wildman–Crippen MR) is 62.8 cm³/mol. The summed E-state index contributed by atoms with van der Waals surface area (Å²) < 4.78 is 1.86. The number of aromatic nitrogens is 3. The number of carboxylic acids is 1. The van der Waals surface area contributed by atoms with Gasteiger partial charge in [-0.3, -0.25) is 4.79 Å². The van der Waals surface area contributed by atoms with E-state index < -0.39 is 18.5 Å². The van der Waals surface area contributed by atoms with Crippen molar-refractivity contribution in [2.24, 2.45) is 0 Å². The topological polar surface area (TPSA) is 100 Å².